The van der Waals surface area contributed by atoms with Crippen LogP contribution in [0, 0.1) is 18.6 Å². The summed E-state index contributed by atoms with van der Waals surface area (Å²) in [7, 11) is 0. The number of amides is 1. The van der Waals surface area contributed by atoms with Crippen LogP contribution in [-0.2, 0) is 4.79 Å². The van der Waals surface area contributed by atoms with Crippen LogP contribution >= 0.6 is 0 Å². The molecule has 0 saturated carbocycles. The van der Waals surface area contributed by atoms with Gasteiger partial charge in [-0.1, -0.05) is 0 Å². The third-order valence-electron chi connectivity index (χ3n) is 2.78. The van der Waals surface area contributed by atoms with Crippen molar-refractivity contribution >= 4 is 17.3 Å². The molecule has 0 fully saturated rings. The third-order valence-corrected chi connectivity index (χ3v) is 2.78. The van der Waals surface area contributed by atoms with Crippen LogP contribution in [-0.4, -0.2) is 12.5 Å². The summed E-state index contributed by atoms with van der Waals surface area (Å²) in [4.78, 5) is 11.7. The van der Waals surface area contributed by atoms with Crippen molar-refractivity contribution < 1.29 is 18.3 Å². The molecule has 0 unspecified atom stereocenters. The fourth-order valence-corrected chi connectivity index (χ4v) is 1.75. The zero-order valence-corrected chi connectivity index (χ0v) is 11.3. The van der Waals surface area contributed by atoms with Crippen LogP contribution in [0.2, 0.25) is 0 Å². The summed E-state index contributed by atoms with van der Waals surface area (Å²) in [6.07, 6.45) is 0. The van der Waals surface area contributed by atoms with E-state index in [-0.39, 0.29) is 12.4 Å². The summed E-state index contributed by atoms with van der Waals surface area (Å²) in [5, 5.41) is 2.62. The molecule has 0 heterocycles. The summed E-state index contributed by atoms with van der Waals surface area (Å²) >= 11 is 0. The molecule has 0 atom stereocenters. The zero-order chi connectivity index (χ0) is 15.4. The van der Waals surface area contributed by atoms with Gasteiger partial charge in [0.15, 0.2) is 18.2 Å². The van der Waals surface area contributed by atoms with Crippen LogP contribution in [0.15, 0.2) is 36.4 Å². The number of halogens is 2. The van der Waals surface area contributed by atoms with E-state index in [1.54, 1.807) is 25.1 Å². The van der Waals surface area contributed by atoms with Crippen LogP contribution in [0.25, 0.3) is 0 Å². The van der Waals surface area contributed by atoms with E-state index < -0.39 is 17.5 Å². The standard InChI is InChI=1S/C15H14F2N2O2/c1-9-6-11(18)3-4-13(9)19-15(20)8-21-14-5-2-10(16)7-12(14)17/h2-7H,8,18H2,1H3,(H,19,20). The Kier molecular flexibility index (Phi) is 4.37. The smallest absolute Gasteiger partial charge is 0.262 e. The van der Waals surface area contributed by atoms with Crippen LogP contribution in [0.1, 0.15) is 5.56 Å². The molecule has 0 aromatic heterocycles. The van der Waals surface area contributed by atoms with Crippen molar-refractivity contribution in [3.8, 4) is 5.75 Å². The molecule has 0 spiro atoms. The van der Waals surface area contributed by atoms with E-state index in [0.717, 1.165) is 17.7 Å². The molecule has 4 nitrogen and oxygen atoms in total. The Balaban J connectivity index is 1.96. The number of carbonyl (C=O) groups is 1. The molecule has 6 heteroatoms. The van der Waals surface area contributed by atoms with Crippen molar-refractivity contribution in [1.82, 2.24) is 0 Å². The maximum absolute atomic E-state index is 13.3. The molecule has 0 aliphatic heterocycles. The van der Waals surface area contributed by atoms with Gasteiger partial charge in [-0.05, 0) is 42.8 Å². The van der Waals surface area contributed by atoms with E-state index in [2.05, 4.69) is 5.32 Å². The maximum atomic E-state index is 13.3. The van der Waals surface area contributed by atoms with E-state index in [1.165, 1.54) is 0 Å². The van der Waals surface area contributed by atoms with Crippen LogP contribution in [0.3, 0.4) is 0 Å². The minimum absolute atomic E-state index is 0.180. The fraction of sp³-hybridized carbons (Fsp3) is 0.133. The number of rotatable bonds is 4. The van der Waals surface area contributed by atoms with Crippen molar-refractivity contribution in [3.63, 3.8) is 0 Å². The van der Waals surface area contributed by atoms with Crippen LogP contribution < -0.4 is 15.8 Å². The van der Waals surface area contributed by atoms with Crippen molar-refractivity contribution in [2.24, 2.45) is 0 Å². The first-order valence-electron chi connectivity index (χ1n) is 6.19. The Morgan fingerprint density at radius 2 is 2.00 bits per heavy atom. The Labute approximate surface area is 120 Å². The molecule has 110 valence electrons. The van der Waals surface area contributed by atoms with Crippen LogP contribution in [0.5, 0.6) is 5.75 Å². The number of aryl methyl sites for hydroxylation is 1. The summed E-state index contributed by atoms with van der Waals surface area (Å²) in [5.41, 5.74) is 7.60. The molecule has 2 aromatic carbocycles. The molecule has 3 N–H and O–H groups in total. The largest absolute Gasteiger partial charge is 0.481 e. The predicted octanol–water partition coefficient (Wildman–Crippen LogP) is 2.87. The number of nitrogens with one attached hydrogen (secondary N) is 1. The topological polar surface area (TPSA) is 64.3 Å². The monoisotopic (exact) mass is 292 g/mol. The second-order valence-electron chi connectivity index (χ2n) is 4.49. The highest BCUT2D eigenvalue weighted by Crippen LogP contribution is 2.19. The first kappa shape index (κ1) is 14.8. The molecule has 0 saturated heterocycles. The number of hydrogen-bond acceptors (Lipinski definition) is 3. The number of benzene rings is 2. The Hall–Kier alpha value is -2.63. The minimum Gasteiger partial charge on any atom is -0.481 e. The van der Waals surface area contributed by atoms with Gasteiger partial charge in [-0.2, -0.15) is 0 Å². The summed E-state index contributed by atoms with van der Waals surface area (Å²) in [6, 6.07) is 7.92. The second kappa shape index (κ2) is 6.21. The average molecular weight is 292 g/mol. The Bertz CT molecular complexity index is 675. The molecular weight excluding hydrogens is 278 g/mol. The van der Waals surface area contributed by atoms with E-state index >= 15 is 0 Å². The third kappa shape index (κ3) is 3.92. The lowest BCUT2D eigenvalue weighted by Gasteiger charge is -2.10. The molecule has 2 rings (SSSR count). The van der Waals surface area contributed by atoms with Gasteiger partial charge in [0.2, 0.25) is 0 Å². The van der Waals surface area contributed by atoms with Crippen molar-refractivity contribution in [2.45, 2.75) is 6.92 Å². The lowest BCUT2D eigenvalue weighted by molar-refractivity contribution is -0.118. The molecule has 21 heavy (non-hydrogen) atoms. The number of carbonyl (C=O) groups excluding carboxylic acids is 1. The molecule has 0 aliphatic carbocycles. The van der Waals surface area contributed by atoms with Gasteiger partial charge in [-0.15, -0.1) is 0 Å². The predicted molar refractivity (Wildman–Crippen MR) is 76.1 cm³/mol. The lowest BCUT2D eigenvalue weighted by atomic mass is 10.2. The quantitative estimate of drug-likeness (QED) is 0.852. The summed E-state index contributed by atoms with van der Waals surface area (Å²) in [5.74, 6) is -2.19. The summed E-state index contributed by atoms with van der Waals surface area (Å²) in [6.45, 7) is 1.42. The fourth-order valence-electron chi connectivity index (χ4n) is 1.75. The van der Waals surface area contributed by atoms with Gasteiger partial charge >= 0.3 is 0 Å². The highest BCUT2D eigenvalue weighted by molar-refractivity contribution is 5.92. The second-order valence-corrected chi connectivity index (χ2v) is 4.49. The minimum atomic E-state index is -0.855. The van der Waals surface area contributed by atoms with E-state index in [0.29, 0.717) is 17.4 Å². The van der Waals surface area contributed by atoms with Gasteiger partial charge in [-0.25, -0.2) is 8.78 Å². The van der Waals surface area contributed by atoms with E-state index in [1.807, 2.05) is 0 Å². The lowest BCUT2D eigenvalue weighted by Crippen LogP contribution is -2.21. The normalized spacial score (nSPS) is 10.2. The van der Waals surface area contributed by atoms with Gasteiger partial charge in [0.05, 0.1) is 0 Å². The van der Waals surface area contributed by atoms with Crippen LogP contribution in [0.4, 0.5) is 20.2 Å². The molecule has 0 bridgehead atoms. The van der Waals surface area contributed by atoms with E-state index in [4.69, 9.17) is 10.5 Å². The van der Waals surface area contributed by atoms with Gasteiger partial charge in [0.1, 0.15) is 5.82 Å². The highest BCUT2D eigenvalue weighted by Gasteiger charge is 2.09. The number of nitrogen functional groups attached to an aromatic ring is 1. The number of hydrogen-bond donors (Lipinski definition) is 2. The zero-order valence-electron chi connectivity index (χ0n) is 11.3. The number of anilines is 2. The summed E-state index contributed by atoms with van der Waals surface area (Å²) < 4.78 is 31.1. The number of ether oxygens (including phenoxy) is 1. The van der Waals surface area contributed by atoms with Crippen molar-refractivity contribution in [1.29, 1.82) is 0 Å². The number of nitrogens with two attached hydrogens (primary N) is 1. The maximum Gasteiger partial charge on any atom is 0.262 e. The molecular formula is C15H14F2N2O2. The van der Waals surface area contributed by atoms with Gasteiger partial charge < -0.3 is 15.8 Å². The molecule has 0 aliphatic rings. The van der Waals surface area contributed by atoms with Crippen molar-refractivity contribution in [2.75, 3.05) is 17.7 Å². The van der Waals surface area contributed by atoms with Gasteiger partial charge in [0, 0.05) is 17.4 Å². The molecule has 1 amide bonds. The highest BCUT2D eigenvalue weighted by atomic mass is 19.1. The first-order chi connectivity index (χ1) is 9.95. The van der Waals surface area contributed by atoms with Crippen molar-refractivity contribution in [3.05, 3.63) is 53.6 Å². The first-order valence-corrected chi connectivity index (χ1v) is 6.19. The Morgan fingerprint density at radius 1 is 1.24 bits per heavy atom. The molecule has 0 radical (unpaired) electrons. The molecule has 2 aromatic rings. The Morgan fingerprint density at radius 3 is 2.67 bits per heavy atom. The van der Waals surface area contributed by atoms with E-state index in [9.17, 15) is 13.6 Å². The van der Waals surface area contributed by atoms with Gasteiger partial charge in [0.25, 0.3) is 5.91 Å². The van der Waals surface area contributed by atoms with Gasteiger partial charge in [-0.3, -0.25) is 4.79 Å². The average Bonchev–Trinajstić information content (AvgIpc) is 2.41. The SMILES string of the molecule is Cc1cc(N)ccc1NC(=O)COc1ccc(F)cc1F.